The van der Waals surface area contributed by atoms with E-state index in [4.69, 9.17) is 4.74 Å². The molecule has 6 heteroatoms. The van der Waals surface area contributed by atoms with Crippen LogP contribution < -0.4 is 4.90 Å². The molecule has 0 spiro atoms. The quantitative estimate of drug-likeness (QED) is 0.321. The molecule has 6 nitrogen and oxygen atoms in total. The van der Waals surface area contributed by atoms with Crippen LogP contribution in [-0.4, -0.2) is 30.2 Å². The van der Waals surface area contributed by atoms with Crippen molar-refractivity contribution in [3.05, 3.63) is 77.9 Å². The molecule has 2 aromatic carbocycles. The van der Waals surface area contributed by atoms with E-state index in [1.165, 1.54) is 6.08 Å². The average Bonchev–Trinajstić information content (AvgIpc) is 3.00. The number of amides is 2. The maximum absolute atomic E-state index is 12.9. The van der Waals surface area contributed by atoms with Gasteiger partial charge in [-0.1, -0.05) is 48.5 Å². The molecule has 1 aliphatic rings. The Morgan fingerprint density at radius 1 is 0.964 bits per heavy atom. The second-order valence-corrected chi connectivity index (χ2v) is 6.22. The van der Waals surface area contributed by atoms with E-state index < -0.39 is 29.5 Å². The van der Waals surface area contributed by atoms with Gasteiger partial charge >= 0.3 is 5.97 Å². The zero-order valence-corrected chi connectivity index (χ0v) is 15.3. The van der Waals surface area contributed by atoms with Crippen LogP contribution in [0.5, 0.6) is 0 Å². The number of nitrogens with zero attached hydrogens (tertiary/aromatic N) is 1. The number of Topliss-reactive ketones (excluding diaryl/α,β-unsaturated/α-hetero) is 1. The molecule has 0 N–H and O–H groups in total. The van der Waals surface area contributed by atoms with Gasteiger partial charge in [0.15, 0.2) is 5.78 Å². The monoisotopic (exact) mass is 377 g/mol. The number of benzene rings is 2. The minimum Gasteiger partial charge on any atom is -0.465 e. The Kier molecular flexibility index (Phi) is 5.79. The zero-order chi connectivity index (χ0) is 20.1. The Labute approximate surface area is 162 Å². The smallest absolute Gasteiger partial charge is 0.317 e. The number of carbonyl (C=O) groups is 4. The van der Waals surface area contributed by atoms with Crippen LogP contribution in [0.15, 0.2) is 72.3 Å². The molecular formula is C22H19NO5. The summed E-state index contributed by atoms with van der Waals surface area (Å²) in [4.78, 5) is 51.4. The number of hydrogen-bond donors (Lipinski definition) is 0. The molecule has 2 aromatic rings. The van der Waals surface area contributed by atoms with Crippen LogP contribution in [0.25, 0.3) is 0 Å². The van der Waals surface area contributed by atoms with Crippen molar-refractivity contribution < 1.29 is 23.9 Å². The van der Waals surface area contributed by atoms with E-state index in [1.807, 2.05) is 0 Å². The predicted molar refractivity (Wildman–Crippen MR) is 103 cm³/mol. The van der Waals surface area contributed by atoms with Crippen LogP contribution >= 0.6 is 0 Å². The minimum atomic E-state index is -1.19. The highest BCUT2D eigenvalue weighted by molar-refractivity contribution is 6.30. The maximum Gasteiger partial charge on any atom is 0.317 e. The van der Waals surface area contributed by atoms with Gasteiger partial charge in [0.25, 0.3) is 11.8 Å². The molecule has 0 fully saturated rings. The number of ketones is 1. The van der Waals surface area contributed by atoms with Crippen molar-refractivity contribution in [1.82, 2.24) is 0 Å². The highest BCUT2D eigenvalue weighted by atomic mass is 16.5. The second kappa shape index (κ2) is 8.43. The molecular weight excluding hydrogens is 358 g/mol. The first kappa shape index (κ1) is 19.2. The van der Waals surface area contributed by atoms with Crippen molar-refractivity contribution in [2.45, 2.75) is 13.3 Å². The van der Waals surface area contributed by atoms with Crippen LogP contribution in [0.1, 0.15) is 23.7 Å². The second-order valence-electron chi connectivity index (χ2n) is 6.22. The Morgan fingerprint density at radius 2 is 1.57 bits per heavy atom. The molecule has 1 atom stereocenters. The summed E-state index contributed by atoms with van der Waals surface area (Å²) in [5.41, 5.74) is 0.889. The van der Waals surface area contributed by atoms with Gasteiger partial charge in [-0.15, -0.1) is 0 Å². The van der Waals surface area contributed by atoms with Crippen LogP contribution in [0.4, 0.5) is 5.69 Å². The highest BCUT2D eigenvalue weighted by Crippen LogP contribution is 2.27. The van der Waals surface area contributed by atoms with E-state index in [9.17, 15) is 19.2 Å². The zero-order valence-electron chi connectivity index (χ0n) is 15.3. The lowest BCUT2D eigenvalue weighted by Gasteiger charge is -2.17. The van der Waals surface area contributed by atoms with Crippen LogP contribution in [0.3, 0.4) is 0 Å². The van der Waals surface area contributed by atoms with Gasteiger partial charge in [0.1, 0.15) is 5.92 Å². The van der Waals surface area contributed by atoms with Crippen molar-refractivity contribution in [3.63, 3.8) is 0 Å². The van der Waals surface area contributed by atoms with E-state index in [2.05, 4.69) is 0 Å². The molecule has 2 amide bonds. The van der Waals surface area contributed by atoms with Gasteiger partial charge in [-0.05, 0) is 25.5 Å². The predicted octanol–water partition coefficient (Wildman–Crippen LogP) is 2.94. The van der Waals surface area contributed by atoms with Gasteiger partial charge in [0.05, 0.1) is 12.3 Å². The van der Waals surface area contributed by atoms with E-state index >= 15 is 0 Å². The number of rotatable bonds is 7. The highest BCUT2D eigenvalue weighted by Gasteiger charge is 2.37. The van der Waals surface area contributed by atoms with Gasteiger partial charge in [-0.25, -0.2) is 4.90 Å². The Balaban J connectivity index is 1.86. The Morgan fingerprint density at radius 3 is 2.18 bits per heavy atom. The molecule has 3 rings (SSSR count). The summed E-state index contributed by atoms with van der Waals surface area (Å²) in [6.45, 7) is 1.75. The fourth-order valence-corrected chi connectivity index (χ4v) is 3.04. The summed E-state index contributed by atoms with van der Waals surface area (Å²) in [5, 5.41) is 0. The molecule has 142 valence electrons. The van der Waals surface area contributed by atoms with Gasteiger partial charge in [-0.2, -0.15) is 0 Å². The number of esters is 1. The molecule has 0 bridgehead atoms. The third-order valence-electron chi connectivity index (χ3n) is 4.38. The van der Waals surface area contributed by atoms with Crippen molar-refractivity contribution >= 4 is 29.3 Å². The van der Waals surface area contributed by atoms with Crippen LogP contribution in [0, 0.1) is 5.92 Å². The lowest BCUT2D eigenvalue weighted by atomic mass is 9.91. The van der Waals surface area contributed by atoms with Gasteiger partial charge in [0, 0.05) is 17.2 Å². The van der Waals surface area contributed by atoms with Crippen LogP contribution in [0.2, 0.25) is 0 Å². The third kappa shape index (κ3) is 3.91. The first-order chi connectivity index (χ1) is 13.5. The van der Waals surface area contributed by atoms with Gasteiger partial charge < -0.3 is 4.74 Å². The van der Waals surface area contributed by atoms with Crippen molar-refractivity contribution in [2.24, 2.45) is 5.92 Å². The minimum absolute atomic E-state index is 0.108. The number of anilines is 1. The average molecular weight is 377 g/mol. The van der Waals surface area contributed by atoms with E-state index in [1.54, 1.807) is 67.6 Å². The van der Waals surface area contributed by atoms with E-state index in [-0.39, 0.29) is 18.6 Å². The van der Waals surface area contributed by atoms with E-state index in [0.29, 0.717) is 11.3 Å². The molecule has 0 aliphatic carbocycles. The number of imide groups is 1. The molecule has 0 aromatic heterocycles. The SMILES string of the molecule is CCOC(=O)C(CC1=CC(=O)N(c2ccccc2)C1=O)C(=O)c1ccccc1. The fourth-order valence-electron chi connectivity index (χ4n) is 3.04. The summed E-state index contributed by atoms with van der Waals surface area (Å²) in [5.74, 6) is -3.39. The molecule has 1 unspecified atom stereocenters. The lowest BCUT2D eigenvalue weighted by Crippen LogP contribution is -2.32. The Bertz CT molecular complexity index is 934. The lowest BCUT2D eigenvalue weighted by molar-refractivity contribution is -0.146. The molecule has 0 radical (unpaired) electrons. The summed E-state index contributed by atoms with van der Waals surface area (Å²) < 4.78 is 5.03. The molecule has 1 heterocycles. The normalized spacial score (nSPS) is 14.6. The van der Waals surface area contributed by atoms with Crippen molar-refractivity contribution in [2.75, 3.05) is 11.5 Å². The first-order valence-corrected chi connectivity index (χ1v) is 8.93. The number of hydrogen-bond acceptors (Lipinski definition) is 5. The number of para-hydroxylation sites is 1. The van der Waals surface area contributed by atoms with Gasteiger partial charge in [-0.3, -0.25) is 19.2 Å². The topological polar surface area (TPSA) is 80.8 Å². The number of carbonyl (C=O) groups excluding carboxylic acids is 4. The molecule has 1 aliphatic heterocycles. The number of ether oxygens (including phenoxy) is 1. The molecule has 0 saturated heterocycles. The standard InChI is InChI=1S/C22H19NO5/c1-2-28-22(27)18(20(25)15-9-5-3-6-10-15)13-16-14-19(24)23(21(16)26)17-11-7-4-8-12-17/h3-12,14,18H,2,13H2,1H3. The summed E-state index contributed by atoms with van der Waals surface area (Å²) in [6, 6.07) is 16.8. The molecule has 28 heavy (non-hydrogen) atoms. The fraction of sp³-hybridized carbons (Fsp3) is 0.182. The van der Waals surface area contributed by atoms with Gasteiger partial charge in [0.2, 0.25) is 0 Å². The summed E-state index contributed by atoms with van der Waals surface area (Å²) >= 11 is 0. The Hall–Kier alpha value is -3.54. The van der Waals surface area contributed by atoms with Crippen LogP contribution in [-0.2, 0) is 19.1 Å². The summed E-state index contributed by atoms with van der Waals surface area (Å²) in [7, 11) is 0. The van der Waals surface area contributed by atoms with E-state index in [0.717, 1.165) is 4.90 Å². The molecule has 0 saturated carbocycles. The largest absolute Gasteiger partial charge is 0.465 e. The maximum atomic E-state index is 12.9. The first-order valence-electron chi connectivity index (χ1n) is 8.93. The third-order valence-corrected chi connectivity index (χ3v) is 4.38. The summed E-state index contributed by atoms with van der Waals surface area (Å²) in [6.07, 6.45) is 0.986. The van der Waals surface area contributed by atoms with Crippen molar-refractivity contribution in [1.29, 1.82) is 0 Å². The van der Waals surface area contributed by atoms with Crippen molar-refractivity contribution in [3.8, 4) is 0 Å².